The van der Waals surface area contributed by atoms with Crippen molar-refractivity contribution in [1.29, 1.82) is 0 Å². The normalized spacial score (nSPS) is 12.3. The van der Waals surface area contributed by atoms with Crippen molar-refractivity contribution < 1.29 is 4.42 Å². The maximum Gasteiger partial charge on any atom is 0.125 e. The van der Waals surface area contributed by atoms with E-state index in [4.69, 9.17) is 4.42 Å². The van der Waals surface area contributed by atoms with Crippen molar-refractivity contribution in [2.45, 2.75) is 13.0 Å². The van der Waals surface area contributed by atoms with Crippen LogP contribution in [0.2, 0.25) is 0 Å². The summed E-state index contributed by atoms with van der Waals surface area (Å²) in [6.07, 6.45) is 5.15. The third-order valence-electron chi connectivity index (χ3n) is 2.92. The van der Waals surface area contributed by atoms with Gasteiger partial charge >= 0.3 is 0 Å². The first-order chi connectivity index (χ1) is 9.34. The molecule has 0 fully saturated rings. The van der Waals surface area contributed by atoms with Gasteiger partial charge in [0.15, 0.2) is 0 Å². The molecule has 0 saturated heterocycles. The van der Waals surface area contributed by atoms with Crippen molar-refractivity contribution >= 4 is 5.69 Å². The number of furan rings is 1. The Hall–Kier alpha value is -2.56. The van der Waals surface area contributed by atoms with Gasteiger partial charge in [0.2, 0.25) is 0 Å². The van der Waals surface area contributed by atoms with E-state index in [1.54, 1.807) is 17.1 Å². The van der Waals surface area contributed by atoms with Crippen LogP contribution in [0.1, 0.15) is 18.7 Å². The lowest BCUT2D eigenvalue weighted by atomic mass is 10.2. The van der Waals surface area contributed by atoms with Gasteiger partial charge in [-0.15, -0.1) is 5.10 Å². The first-order valence-corrected chi connectivity index (χ1v) is 6.10. The molecule has 0 spiro atoms. The number of nitrogens with zero attached hydrogens (tertiary/aromatic N) is 3. The van der Waals surface area contributed by atoms with Crippen LogP contribution in [0.5, 0.6) is 0 Å². The highest BCUT2D eigenvalue weighted by Crippen LogP contribution is 2.24. The van der Waals surface area contributed by atoms with Gasteiger partial charge in [-0.05, 0) is 31.2 Å². The van der Waals surface area contributed by atoms with Crippen molar-refractivity contribution in [3.05, 3.63) is 60.8 Å². The zero-order chi connectivity index (χ0) is 13.1. The molecule has 1 unspecified atom stereocenters. The SMILES string of the molecule is CC(Nc1ccccc1-n1ccnn1)c1ccco1. The molecular formula is C14H14N4O. The molecule has 0 aliphatic carbocycles. The molecule has 3 aromatic rings. The summed E-state index contributed by atoms with van der Waals surface area (Å²) in [5.74, 6) is 0.897. The summed E-state index contributed by atoms with van der Waals surface area (Å²) in [7, 11) is 0. The van der Waals surface area contributed by atoms with Gasteiger partial charge in [0, 0.05) is 0 Å². The van der Waals surface area contributed by atoms with Crippen LogP contribution in [0.3, 0.4) is 0 Å². The summed E-state index contributed by atoms with van der Waals surface area (Å²) in [4.78, 5) is 0. The van der Waals surface area contributed by atoms with Gasteiger partial charge in [0.25, 0.3) is 0 Å². The molecule has 19 heavy (non-hydrogen) atoms. The smallest absolute Gasteiger partial charge is 0.125 e. The van der Waals surface area contributed by atoms with Crippen LogP contribution in [0.4, 0.5) is 5.69 Å². The molecule has 96 valence electrons. The van der Waals surface area contributed by atoms with Gasteiger partial charge in [-0.3, -0.25) is 0 Å². The molecule has 1 atom stereocenters. The molecule has 5 heteroatoms. The summed E-state index contributed by atoms with van der Waals surface area (Å²) in [6, 6.07) is 11.9. The van der Waals surface area contributed by atoms with E-state index in [2.05, 4.69) is 22.6 Å². The van der Waals surface area contributed by atoms with Crippen molar-refractivity contribution in [2.24, 2.45) is 0 Å². The van der Waals surface area contributed by atoms with E-state index in [0.29, 0.717) is 0 Å². The van der Waals surface area contributed by atoms with E-state index in [0.717, 1.165) is 17.1 Å². The number of para-hydroxylation sites is 2. The number of nitrogens with one attached hydrogen (secondary N) is 1. The van der Waals surface area contributed by atoms with Crippen LogP contribution in [0.25, 0.3) is 5.69 Å². The Morgan fingerprint density at radius 3 is 2.84 bits per heavy atom. The van der Waals surface area contributed by atoms with Gasteiger partial charge in [0.05, 0.1) is 36.1 Å². The average molecular weight is 254 g/mol. The van der Waals surface area contributed by atoms with Gasteiger partial charge in [-0.25, -0.2) is 4.68 Å². The Morgan fingerprint density at radius 2 is 2.11 bits per heavy atom. The van der Waals surface area contributed by atoms with E-state index in [1.807, 2.05) is 42.6 Å². The van der Waals surface area contributed by atoms with E-state index in [1.165, 1.54) is 0 Å². The molecule has 0 saturated carbocycles. The minimum absolute atomic E-state index is 0.0830. The lowest BCUT2D eigenvalue weighted by molar-refractivity contribution is 0.490. The summed E-state index contributed by atoms with van der Waals surface area (Å²) in [5.41, 5.74) is 1.94. The molecule has 2 aromatic heterocycles. The second-order valence-corrected chi connectivity index (χ2v) is 4.25. The number of aromatic nitrogens is 3. The molecule has 1 N–H and O–H groups in total. The predicted octanol–water partition coefficient (Wildman–Crippen LogP) is 3.03. The van der Waals surface area contributed by atoms with Gasteiger partial charge in [-0.1, -0.05) is 17.3 Å². The first-order valence-electron chi connectivity index (χ1n) is 6.10. The monoisotopic (exact) mass is 254 g/mol. The number of hydrogen-bond donors (Lipinski definition) is 1. The molecule has 0 aliphatic heterocycles. The van der Waals surface area contributed by atoms with Crippen LogP contribution in [-0.2, 0) is 0 Å². The summed E-state index contributed by atoms with van der Waals surface area (Å²) in [5, 5.41) is 11.3. The van der Waals surface area contributed by atoms with Gasteiger partial charge in [-0.2, -0.15) is 0 Å². The Labute approximate surface area is 110 Å². The number of benzene rings is 1. The van der Waals surface area contributed by atoms with E-state index in [-0.39, 0.29) is 6.04 Å². The van der Waals surface area contributed by atoms with Crippen molar-refractivity contribution in [3.8, 4) is 5.69 Å². The Balaban J connectivity index is 1.89. The lowest BCUT2D eigenvalue weighted by Crippen LogP contribution is -2.09. The number of hydrogen-bond acceptors (Lipinski definition) is 4. The minimum atomic E-state index is 0.0830. The van der Waals surface area contributed by atoms with Crippen molar-refractivity contribution in [1.82, 2.24) is 15.0 Å². The molecule has 0 amide bonds. The zero-order valence-corrected chi connectivity index (χ0v) is 10.5. The average Bonchev–Trinajstić information content (AvgIpc) is 3.13. The maximum atomic E-state index is 5.40. The first kappa shape index (κ1) is 11.5. The van der Waals surface area contributed by atoms with Crippen LogP contribution in [-0.4, -0.2) is 15.0 Å². The minimum Gasteiger partial charge on any atom is -0.467 e. The van der Waals surface area contributed by atoms with Gasteiger partial charge < -0.3 is 9.73 Å². The van der Waals surface area contributed by atoms with Crippen LogP contribution in [0.15, 0.2) is 59.5 Å². The fraction of sp³-hybridized carbons (Fsp3) is 0.143. The summed E-state index contributed by atoms with van der Waals surface area (Å²) >= 11 is 0. The van der Waals surface area contributed by atoms with Crippen molar-refractivity contribution in [2.75, 3.05) is 5.32 Å². The fourth-order valence-corrected chi connectivity index (χ4v) is 1.97. The quantitative estimate of drug-likeness (QED) is 0.777. The highest BCUT2D eigenvalue weighted by molar-refractivity contribution is 5.61. The largest absolute Gasteiger partial charge is 0.467 e. The second-order valence-electron chi connectivity index (χ2n) is 4.25. The van der Waals surface area contributed by atoms with E-state index < -0.39 is 0 Å². The highest BCUT2D eigenvalue weighted by atomic mass is 16.3. The fourth-order valence-electron chi connectivity index (χ4n) is 1.97. The second kappa shape index (κ2) is 4.97. The molecule has 5 nitrogen and oxygen atoms in total. The number of anilines is 1. The Kier molecular flexibility index (Phi) is 3.02. The Bertz CT molecular complexity index is 631. The molecule has 0 aliphatic rings. The van der Waals surface area contributed by atoms with Gasteiger partial charge in [0.1, 0.15) is 5.76 Å². The topological polar surface area (TPSA) is 55.9 Å². The third kappa shape index (κ3) is 2.35. The van der Waals surface area contributed by atoms with E-state index in [9.17, 15) is 0 Å². The highest BCUT2D eigenvalue weighted by Gasteiger charge is 2.11. The standard InChI is InChI=1S/C14H14N4O/c1-11(14-7-4-10-19-14)16-12-5-2-3-6-13(12)18-9-8-15-17-18/h2-11,16H,1H3. The Morgan fingerprint density at radius 1 is 1.21 bits per heavy atom. The van der Waals surface area contributed by atoms with Crippen molar-refractivity contribution in [3.63, 3.8) is 0 Å². The summed E-state index contributed by atoms with van der Waals surface area (Å²) < 4.78 is 7.13. The third-order valence-corrected chi connectivity index (χ3v) is 2.92. The summed E-state index contributed by atoms with van der Waals surface area (Å²) in [6.45, 7) is 2.05. The molecule has 0 radical (unpaired) electrons. The zero-order valence-electron chi connectivity index (χ0n) is 10.5. The number of rotatable bonds is 4. The molecular weight excluding hydrogens is 240 g/mol. The predicted molar refractivity (Wildman–Crippen MR) is 72.1 cm³/mol. The maximum absolute atomic E-state index is 5.40. The molecule has 0 bridgehead atoms. The van der Waals surface area contributed by atoms with Crippen LogP contribution < -0.4 is 5.32 Å². The van der Waals surface area contributed by atoms with Crippen LogP contribution in [0, 0.1) is 0 Å². The molecule has 3 rings (SSSR count). The molecule has 2 heterocycles. The molecule has 1 aromatic carbocycles. The van der Waals surface area contributed by atoms with E-state index >= 15 is 0 Å². The lowest BCUT2D eigenvalue weighted by Gasteiger charge is -2.16. The van der Waals surface area contributed by atoms with Crippen LogP contribution >= 0.6 is 0 Å².